The highest BCUT2D eigenvalue weighted by Gasteiger charge is 2.29. The summed E-state index contributed by atoms with van der Waals surface area (Å²) < 4.78 is 7.52. The number of nitrogens with two attached hydrogens (primary N) is 1. The molecular weight excluding hydrogens is 214 g/mol. The fraction of sp³-hybridized carbons (Fsp3) is 0.462. The first-order valence-corrected chi connectivity index (χ1v) is 6.02. The second-order valence-electron chi connectivity index (χ2n) is 4.71. The summed E-state index contributed by atoms with van der Waals surface area (Å²) >= 11 is 0. The number of fused-ring (bicyclic) bond motifs is 1. The van der Waals surface area contributed by atoms with Crippen LogP contribution < -0.4 is 10.5 Å². The Balaban J connectivity index is 2.22. The summed E-state index contributed by atoms with van der Waals surface area (Å²) in [6.45, 7) is 1.98. The van der Waals surface area contributed by atoms with E-state index < -0.39 is 0 Å². The second-order valence-corrected chi connectivity index (χ2v) is 4.71. The molecule has 0 radical (unpaired) electrons. The quantitative estimate of drug-likeness (QED) is 0.882. The molecule has 1 unspecified atom stereocenters. The molecule has 0 amide bonds. The van der Waals surface area contributed by atoms with E-state index in [-0.39, 0.29) is 6.04 Å². The Morgan fingerprint density at radius 3 is 2.82 bits per heavy atom. The topological polar surface area (TPSA) is 53.1 Å². The Morgan fingerprint density at radius 1 is 1.47 bits per heavy atom. The number of imidazole rings is 1. The number of methoxy groups -OCH3 is 1. The SMILES string of the molecule is COc1ccc2c(c1)nc(C(C)N)n2C1CC1. The fourth-order valence-corrected chi connectivity index (χ4v) is 2.26. The summed E-state index contributed by atoms with van der Waals surface area (Å²) in [7, 11) is 1.67. The van der Waals surface area contributed by atoms with Crippen molar-refractivity contribution in [1.29, 1.82) is 0 Å². The van der Waals surface area contributed by atoms with E-state index in [0.717, 1.165) is 17.1 Å². The van der Waals surface area contributed by atoms with Crippen molar-refractivity contribution in [2.45, 2.75) is 31.8 Å². The molecule has 1 aromatic heterocycles. The predicted octanol–water partition coefficient (Wildman–Crippen LogP) is 2.40. The summed E-state index contributed by atoms with van der Waals surface area (Å²) in [6, 6.07) is 6.59. The van der Waals surface area contributed by atoms with Gasteiger partial charge in [-0.2, -0.15) is 0 Å². The van der Waals surface area contributed by atoms with Crippen molar-refractivity contribution in [3.05, 3.63) is 24.0 Å². The van der Waals surface area contributed by atoms with Crippen LogP contribution in [0.1, 0.15) is 37.7 Å². The maximum absolute atomic E-state index is 6.00. The van der Waals surface area contributed by atoms with Crippen LogP contribution >= 0.6 is 0 Å². The van der Waals surface area contributed by atoms with Crippen molar-refractivity contribution < 1.29 is 4.74 Å². The summed E-state index contributed by atoms with van der Waals surface area (Å²) in [5, 5.41) is 0. The van der Waals surface area contributed by atoms with Gasteiger partial charge in [0.05, 0.1) is 24.2 Å². The lowest BCUT2D eigenvalue weighted by atomic mass is 10.3. The van der Waals surface area contributed by atoms with Gasteiger partial charge in [-0.1, -0.05) is 0 Å². The largest absolute Gasteiger partial charge is 0.497 e. The molecule has 1 aromatic carbocycles. The van der Waals surface area contributed by atoms with Crippen LogP contribution in [0.2, 0.25) is 0 Å². The highest BCUT2D eigenvalue weighted by atomic mass is 16.5. The molecule has 1 saturated carbocycles. The van der Waals surface area contributed by atoms with E-state index in [2.05, 4.69) is 15.6 Å². The van der Waals surface area contributed by atoms with Gasteiger partial charge < -0.3 is 15.0 Å². The van der Waals surface area contributed by atoms with Crippen molar-refractivity contribution in [3.8, 4) is 5.75 Å². The van der Waals surface area contributed by atoms with Gasteiger partial charge in [0.2, 0.25) is 0 Å². The zero-order chi connectivity index (χ0) is 12.0. The van der Waals surface area contributed by atoms with Gasteiger partial charge in [-0.25, -0.2) is 4.98 Å². The number of ether oxygens (including phenoxy) is 1. The molecule has 1 heterocycles. The van der Waals surface area contributed by atoms with Gasteiger partial charge in [-0.05, 0) is 31.9 Å². The highest BCUT2D eigenvalue weighted by molar-refractivity contribution is 5.78. The van der Waals surface area contributed by atoms with Crippen molar-refractivity contribution in [3.63, 3.8) is 0 Å². The van der Waals surface area contributed by atoms with Crippen LogP contribution in [0.15, 0.2) is 18.2 Å². The number of hydrogen-bond acceptors (Lipinski definition) is 3. The van der Waals surface area contributed by atoms with E-state index in [1.165, 1.54) is 18.4 Å². The number of benzene rings is 1. The Kier molecular flexibility index (Phi) is 2.33. The molecule has 4 heteroatoms. The number of nitrogens with zero attached hydrogens (tertiary/aromatic N) is 2. The van der Waals surface area contributed by atoms with E-state index in [1.807, 2.05) is 19.1 Å². The van der Waals surface area contributed by atoms with E-state index >= 15 is 0 Å². The number of hydrogen-bond donors (Lipinski definition) is 1. The molecule has 90 valence electrons. The van der Waals surface area contributed by atoms with Crippen LogP contribution in [0.4, 0.5) is 0 Å². The molecule has 17 heavy (non-hydrogen) atoms. The molecule has 1 aliphatic rings. The van der Waals surface area contributed by atoms with E-state index in [1.54, 1.807) is 7.11 Å². The Morgan fingerprint density at radius 2 is 2.24 bits per heavy atom. The summed E-state index contributed by atoms with van der Waals surface area (Å²) in [5.41, 5.74) is 8.14. The molecule has 2 N–H and O–H groups in total. The Hall–Kier alpha value is -1.55. The third kappa shape index (κ3) is 1.69. The van der Waals surface area contributed by atoms with Gasteiger partial charge in [-0.15, -0.1) is 0 Å². The van der Waals surface area contributed by atoms with Crippen LogP contribution in [0.3, 0.4) is 0 Å². The van der Waals surface area contributed by atoms with E-state index in [9.17, 15) is 0 Å². The van der Waals surface area contributed by atoms with Crippen molar-refractivity contribution in [2.75, 3.05) is 7.11 Å². The average Bonchev–Trinajstić information content (AvgIpc) is 3.08. The highest BCUT2D eigenvalue weighted by Crippen LogP contribution is 2.40. The van der Waals surface area contributed by atoms with Crippen molar-refractivity contribution >= 4 is 11.0 Å². The molecule has 4 nitrogen and oxygen atoms in total. The molecule has 1 fully saturated rings. The number of rotatable bonds is 3. The predicted molar refractivity (Wildman–Crippen MR) is 67.2 cm³/mol. The van der Waals surface area contributed by atoms with Crippen LogP contribution in [-0.4, -0.2) is 16.7 Å². The van der Waals surface area contributed by atoms with Gasteiger partial charge in [0, 0.05) is 12.1 Å². The molecule has 2 aromatic rings. The zero-order valence-electron chi connectivity index (χ0n) is 10.2. The average molecular weight is 231 g/mol. The maximum Gasteiger partial charge on any atom is 0.126 e. The number of aromatic nitrogens is 2. The summed E-state index contributed by atoms with van der Waals surface area (Å²) in [6.07, 6.45) is 2.47. The monoisotopic (exact) mass is 231 g/mol. The second kappa shape index (κ2) is 3.74. The Bertz CT molecular complexity index is 555. The zero-order valence-corrected chi connectivity index (χ0v) is 10.2. The summed E-state index contributed by atoms with van der Waals surface area (Å²) in [4.78, 5) is 4.64. The van der Waals surface area contributed by atoms with Crippen LogP contribution in [-0.2, 0) is 0 Å². The van der Waals surface area contributed by atoms with Gasteiger partial charge in [0.25, 0.3) is 0 Å². The van der Waals surface area contributed by atoms with Crippen LogP contribution in [0, 0.1) is 0 Å². The molecule has 0 aliphatic heterocycles. The minimum absolute atomic E-state index is 0.0333. The smallest absolute Gasteiger partial charge is 0.126 e. The lowest BCUT2D eigenvalue weighted by Crippen LogP contribution is -2.12. The van der Waals surface area contributed by atoms with E-state index in [4.69, 9.17) is 10.5 Å². The minimum atomic E-state index is -0.0333. The minimum Gasteiger partial charge on any atom is -0.497 e. The third-order valence-electron chi connectivity index (χ3n) is 3.24. The van der Waals surface area contributed by atoms with Crippen molar-refractivity contribution in [1.82, 2.24) is 9.55 Å². The van der Waals surface area contributed by atoms with Crippen molar-refractivity contribution in [2.24, 2.45) is 5.73 Å². The Labute approximate surface area is 100 Å². The maximum atomic E-state index is 6.00. The first kappa shape index (κ1) is 10.6. The van der Waals surface area contributed by atoms with Crippen LogP contribution in [0.25, 0.3) is 11.0 Å². The van der Waals surface area contributed by atoms with Gasteiger partial charge in [0.1, 0.15) is 11.6 Å². The molecule has 0 bridgehead atoms. The van der Waals surface area contributed by atoms with Gasteiger partial charge in [-0.3, -0.25) is 0 Å². The molecule has 1 atom stereocenters. The van der Waals surface area contributed by atoms with Gasteiger partial charge in [0.15, 0.2) is 0 Å². The van der Waals surface area contributed by atoms with Crippen LogP contribution in [0.5, 0.6) is 5.75 Å². The van der Waals surface area contributed by atoms with E-state index in [0.29, 0.717) is 6.04 Å². The lowest BCUT2D eigenvalue weighted by Gasteiger charge is -2.09. The summed E-state index contributed by atoms with van der Waals surface area (Å²) in [5.74, 6) is 1.82. The first-order chi connectivity index (χ1) is 8.20. The fourth-order valence-electron chi connectivity index (χ4n) is 2.26. The lowest BCUT2D eigenvalue weighted by molar-refractivity contribution is 0.415. The molecule has 0 spiro atoms. The first-order valence-electron chi connectivity index (χ1n) is 6.02. The van der Waals surface area contributed by atoms with Gasteiger partial charge >= 0.3 is 0 Å². The third-order valence-corrected chi connectivity index (χ3v) is 3.24. The molecule has 1 aliphatic carbocycles. The molecular formula is C13H17N3O. The molecule has 0 saturated heterocycles. The normalized spacial score (nSPS) is 17.4. The molecule has 3 rings (SSSR count). The standard InChI is InChI=1S/C13H17N3O/c1-8(14)13-15-11-7-10(17-2)5-6-12(11)16(13)9-3-4-9/h5-9H,3-4,14H2,1-2H3.